The number of rotatable bonds is 9. The Morgan fingerprint density at radius 3 is 2.58 bits per heavy atom. The Hall–Kier alpha value is -3.02. The zero-order valence-electron chi connectivity index (χ0n) is 18.6. The quantitative estimate of drug-likeness (QED) is 0.664. The number of carbonyl (C=O) groups excluding carboxylic acids is 2. The number of nitrogens with zero attached hydrogens (tertiary/aromatic N) is 1. The van der Waals surface area contributed by atoms with E-state index in [0.29, 0.717) is 18.0 Å². The summed E-state index contributed by atoms with van der Waals surface area (Å²) in [5, 5.41) is 3.11. The fraction of sp³-hybridized carbons (Fsp3) is 0.440. The van der Waals surface area contributed by atoms with E-state index in [9.17, 15) is 9.59 Å². The summed E-state index contributed by atoms with van der Waals surface area (Å²) >= 11 is 0. The van der Waals surface area contributed by atoms with Crippen LogP contribution in [0.3, 0.4) is 0 Å². The van der Waals surface area contributed by atoms with Crippen molar-refractivity contribution in [2.45, 2.75) is 58.2 Å². The first-order valence-electron chi connectivity index (χ1n) is 10.9. The van der Waals surface area contributed by atoms with Crippen LogP contribution in [0.4, 0.5) is 0 Å². The van der Waals surface area contributed by atoms with E-state index in [0.717, 1.165) is 36.8 Å². The van der Waals surface area contributed by atoms with Crippen LogP contribution in [0.25, 0.3) is 0 Å². The molecule has 0 radical (unpaired) electrons. The van der Waals surface area contributed by atoms with Gasteiger partial charge in [0.2, 0.25) is 5.91 Å². The van der Waals surface area contributed by atoms with E-state index in [4.69, 9.17) is 9.47 Å². The summed E-state index contributed by atoms with van der Waals surface area (Å²) in [4.78, 5) is 27.7. The average Bonchev–Trinajstić information content (AvgIpc) is 3.29. The maximum atomic E-state index is 13.2. The monoisotopic (exact) mass is 424 g/mol. The average molecular weight is 425 g/mol. The minimum atomic E-state index is -0.611. The van der Waals surface area contributed by atoms with Gasteiger partial charge in [0.1, 0.15) is 17.5 Å². The molecule has 1 unspecified atom stereocenters. The smallest absolute Gasteiger partial charge is 0.261 e. The number of ether oxygens (including phenoxy) is 2. The van der Waals surface area contributed by atoms with E-state index in [1.165, 1.54) is 0 Å². The Morgan fingerprint density at radius 2 is 1.87 bits per heavy atom. The van der Waals surface area contributed by atoms with Gasteiger partial charge >= 0.3 is 0 Å². The normalized spacial score (nSPS) is 14.7. The highest BCUT2D eigenvalue weighted by Crippen LogP contribution is 2.20. The number of nitrogens with one attached hydrogen (secondary N) is 1. The molecule has 2 aromatic carbocycles. The molecule has 3 rings (SSSR count). The molecule has 2 amide bonds. The summed E-state index contributed by atoms with van der Waals surface area (Å²) in [5.41, 5.74) is 1.85. The maximum absolute atomic E-state index is 13.2. The zero-order chi connectivity index (χ0) is 22.2. The lowest BCUT2D eigenvalue weighted by Gasteiger charge is -2.30. The fourth-order valence-electron chi connectivity index (χ4n) is 3.88. The van der Waals surface area contributed by atoms with Crippen LogP contribution in [0, 0.1) is 6.92 Å². The molecule has 6 nitrogen and oxygen atoms in total. The molecule has 0 saturated heterocycles. The van der Waals surface area contributed by atoms with Gasteiger partial charge in [-0.1, -0.05) is 43.2 Å². The number of aryl methyl sites for hydroxylation is 1. The summed E-state index contributed by atoms with van der Waals surface area (Å²) in [6, 6.07) is 14.7. The molecule has 1 aliphatic rings. The lowest BCUT2D eigenvalue weighted by Crippen LogP contribution is -2.50. The van der Waals surface area contributed by atoms with Gasteiger partial charge in [-0.3, -0.25) is 9.59 Å². The van der Waals surface area contributed by atoms with Gasteiger partial charge < -0.3 is 19.7 Å². The first kappa shape index (κ1) is 22.7. The van der Waals surface area contributed by atoms with Gasteiger partial charge in [0, 0.05) is 12.6 Å². The first-order valence-corrected chi connectivity index (χ1v) is 10.9. The van der Waals surface area contributed by atoms with Crippen molar-refractivity contribution in [3.8, 4) is 11.5 Å². The number of hydrogen-bond donors (Lipinski definition) is 1. The van der Waals surface area contributed by atoms with E-state index in [2.05, 4.69) is 5.32 Å². The predicted molar refractivity (Wildman–Crippen MR) is 120 cm³/mol. The topological polar surface area (TPSA) is 67.9 Å². The second-order valence-corrected chi connectivity index (χ2v) is 8.09. The predicted octanol–water partition coefficient (Wildman–Crippen LogP) is 3.86. The minimum absolute atomic E-state index is 0.126. The number of para-hydroxylation sites is 1. The van der Waals surface area contributed by atoms with Crippen LogP contribution in [-0.2, 0) is 16.1 Å². The van der Waals surface area contributed by atoms with Crippen molar-refractivity contribution < 1.29 is 19.1 Å². The second kappa shape index (κ2) is 10.8. The Morgan fingerprint density at radius 1 is 1.13 bits per heavy atom. The van der Waals surface area contributed by atoms with Gasteiger partial charge in [0.25, 0.3) is 5.91 Å². The molecule has 2 aromatic rings. The molecule has 0 aromatic heterocycles. The molecule has 1 N–H and O–H groups in total. The number of benzene rings is 2. The van der Waals surface area contributed by atoms with Gasteiger partial charge in [0.15, 0.2) is 6.61 Å². The van der Waals surface area contributed by atoms with Crippen molar-refractivity contribution in [2.75, 3.05) is 13.7 Å². The summed E-state index contributed by atoms with van der Waals surface area (Å²) in [7, 11) is 1.61. The Balaban J connectivity index is 1.73. The molecular weight excluding hydrogens is 392 g/mol. The summed E-state index contributed by atoms with van der Waals surface area (Å²) in [6.45, 7) is 3.88. The highest BCUT2D eigenvalue weighted by molar-refractivity contribution is 5.88. The molecule has 1 fully saturated rings. The standard InChI is InChI=1S/C25H32N2O4/c1-18-9-4-7-14-23(18)31-17-24(28)27(16-20-10-8-13-22(15-20)30-3)19(2)25(29)26-21-11-5-6-12-21/h4,7-10,13-15,19,21H,5-6,11-12,16-17H2,1-3H3,(H,26,29). The van der Waals surface area contributed by atoms with Crippen molar-refractivity contribution in [1.82, 2.24) is 10.2 Å². The van der Waals surface area contributed by atoms with Gasteiger partial charge in [-0.15, -0.1) is 0 Å². The molecular formula is C25H32N2O4. The molecule has 1 atom stereocenters. The molecule has 166 valence electrons. The molecule has 6 heteroatoms. The van der Waals surface area contributed by atoms with Crippen LogP contribution in [-0.4, -0.2) is 42.5 Å². The number of amides is 2. The van der Waals surface area contributed by atoms with E-state index >= 15 is 0 Å². The van der Waals surface area contributed by atoms with Gasteiger partial charge in [-0.05, 0) is 56.0 Å². The second-order valence-electron chi connectivity index (χ2n) is 8.09. The summed E-state index contributed by atoms with van der Waals surface area (Å²) in [5.74, 6) is 1.02. The van der Waals surface area contributed by atoms with Crippen LogP contribution >= 0.6 is 0 Å². The van der Waals surface area contributed by atoms with Gasteiger partial charge in [-0.25, -0.2) is 0 Å². The van der Waals surface area contributed by atoms with Crippen LogP contribution in [0.5, 0.6) is 11.5 Å². The van der Waals surface area contributed by atoms with Crippen LogP contribution in [0.1, 0.15) is 43.7 Å². The fourth-order valence-corrected chi connectivity index (χ4v) is 3.88. The van der Waals surface area contributed by atoms with Crippen LogP contribution < -0.4 is 14.8 Å². The highest BCUT2D eigenvalue weighted by atomic mass is 16.5. The SMILES string of the molecule is COc1cccc(CN(C(=O)COc2ccccc2C)C(C)C(=O)NC2CCCC2)c1. The molecule has 0 heterocycles. The Kier molecular flexibility index (Phi) is 7.93. The third-order valence-electron chi connectivity index (χ3n) is 5.80. The molecule has 1 saturated carbocycles. The largest absolute Gasteiger partial charge is 0.497 e. The lowest BCUT2D eigenvalue weighted by atomic mass is 10.1. The molecule has 31 heavy (non-hydrogen) atoms. The van der Waals surface area contributed by atoms with Crippen molar-refractivity contribution in [1.29, 1.82) is 0 Å². The number of hydrogen-bond acceptors (Lipinski definition) is 4. The zero-order valence-corrected chi connectivity index (χ0v) is 18.6. The van der Waals surface area contributed by atoms with Crippen LogP contribution in [0.2, 0.25) is 0 Å². The molecule has 0 bridgehead atoms. The van der Waals surface area contributed by atoms with Crippen molar-refractivity contribution in [3.05, 3.63) is 59.7 Å². The molecule has 0 spiro atoms. The summed E-state index contributed by atoms with van der Waals surface area (Å²) in [6.07, 6.45) is 4.27. The van der Waals surface area contributed by atoms with Crippen LogP contribution in [0.15, 0.2) is 48.5 Å². The first-order chi connectivity index (χ1) is 15.0. The van der Waals surface area contributed by atoms with Crippen molar-refractivity contribution >= 4 is 11.8 Å². The third kappa shape index (κ3) is 6.23. The maximum Gasteiger partial charge on any atom is 0.261 e. The van der Waals surface area contributed by atoms with Gasteiger partial charge in [0.05, 0.1) is 7.11 Å². The Bertz CT molecular complexity index is 893. The van der Waals surface area contributed by atoms with E-state index < -0.39 is 6.04 Å². The summed E-state index contributed by atoms with van der Waals surface area (Å²) < 4.78 is 11.1. The van der Waals surface area contributed by atoms with E-state index in [-0.39, 0.29) is 24.5 Å². The van der Waals surface area contributed by atoms with E-state index in [1.807, 2.05) is 55.5 Å². The third-order valence-corrected chi connectivity index (χ3v) is 5.80. The molecule has 0 aliphatic heterocycles. The van der Waals surface area contributed by atoms with E-state index in [1.54, 1.807) is 18.9 Å². The lowest BCUT2D eigenvalue weighted by molar-refractivity contribution is -0.142. The van der Waals surface area contributed by atoms with Crippen molar-refractivity contribution in [3.63, 3.8) is 0 Å². The highest BCUT2D eigenvalue weighted by Gasteiger charge is 2.28. The minimum Gasteiger partial charge on any atom is -0.497 e. The number of carbonyl (C=O) groups is 2. The molecule has 1 aliphatic carbocycles. The van der Waals surface area contributed by atoms with Gasteiger partial charge in [-0.2, -0.15) is 0 Å². The Labute approximate surface area is 184 Å². The van der Waals surface area contributed by atoms with Crippen molar-refractivity contribution in [2.24, 2.45) is 0 Å². The number of methoxy groups -OCH3 is 1.